The van der Waals surface area contributed by atoms with Gasteiger partial charge < -0.3 is 21.5 Å². The van der Waals surface area contributed by atoms with E-state index >= 15 is 0 Å². The number of benzene rings is 2. The Balaban J connectivity index is 1.65. The van der Waals surface area contributed by atoms with Crippen LogP contribution in [0, 0.1) is 11.3 Å². The zero-order valence-corrected chi connectivity index (χ0v) is 14.0. The third-order valence-corrected chi connectivity index (χ3v) is 5.74. The summed E-state index contributed by atoms with van der Waals surface area (Å²) in [6.45, 7) is 1.76. The Kier molecular flexibility index (Phi) is 3.87. The van der Waals surface area contributed by atoms with Gasteiger partial charge in [0.15, 0.2) is 5.60 Å². The van der Waals surface area contributed by atoms with Crippen molar-refractivity contribution in [3.05, 3.63) is 71.8 Å². The van der Waals surface area contributed by atoms with Crippen LogP contribution in [-0.2, 0) is 10.4 Å². The molecule has 0 spiro atoms. The van der Waals surface area contributed by atoms with Crippen molar-refractivity contribution in [1.29, 1.82) is 0 Å². The molecule has 0 bridgehead atoms. The summed E-state index contributed by atoms with van der Waals surface area (Å²) in [5.41, 5.74) is 5.55. The summed E-state index contributed by atoms with van der Waals surface area (Å²) in [7, 11) is 0. The van der Waals surface area contributed by atoms with Crippen LogP contribution < -0.4 is 16.4 Å². The molecule has 130 valence electrons. The van der Waals surface area contributed by atoms with Crippen LogP contribution in [0.5, 0.6) is 0 Å². The van der Waals surface area contributed by atoms with Gasteiger partial charge in [0.05, 0.1) is 6.17 Å². The summed E-state index contributed by atoms with van der Waals surface area (Å²) in [6, 6.07) is 18.0. The number of aliphatic hydroxyl groups is 1. The van der Waals surface area contributed by atoms with Crippen LogP contribution in [0.1, 0.15) is 17.5 Å². The predicted octanol–water partition coefficient (Wildman–Crippen LogP) is 0.933. The number of hydrogen-bond donors (Lipinski definition) is 4. The van der Waals surface area contributed by atoms with E-state index in [1.165, 1.54) is 0 Å². The molecular formula is C20H23N3O2. The minimum atomic E-state index is -1.77. The van der Waals surface area contributed by atoms with Gasteiger partial charge in [-0.1, -0.05) is 60.7 Å². The summed E-state index contributed by atoms with van der Waals surface area (Å²) in [5, 5.41) is 17.6. The molecular weight excluding hydrogens is 314 g/mol. The summed E-state index contributed by atoms with van der Waals surface area (Å²) >= 11 is 0. The number of rotatable bonds is 5. The van der Waals surface area contributed by atoms with E-state index < -0.39 is 17.7 Å². The zero-order valence-electron chi connectivity index (χ0n) is 14.0. The van der Waals surface area contributed by atoms with Gasteiger partial charge in [0, 0.05) is 12.0 Å². The molecule has 2 aromatic carbocycles. The van der Waals surface area contributed by atoms with Gasteiger partial charge in [-0.2, -0.15) is 0 Å². The fraction of sp³-hybridized carbons (Fsp3) is 0.350. The van der Waals surface area contributed by atoms with Crippen molar-refractivity contribution in [2.75, 3.05) is 13.1 Å². The van der Waals surface area contributed by atoms with Crippen molar-refractivity contribution in [2.45, 2.75) is 18.2 Å². The molecule has 1 heterocycles. The summed E-state index contributed by atoms with van der Waals surface area (Å²) in [6.07, 6.45) is 0.551. The SMILES string of the molecule is NC(NC(=O)C(O)(c1ccccc1)c1ccccc1)C12CNCC1C2. The first-order chi connectivity index (χ1) is 12.1. The van der Waals surface area contributed by atoms with Gasteiger partial charge in [-0.3, -0.25) is 4.79 Å². The molecule has 2 fully saturated rings. The Bertz CT molecular complexity index is 726. The van der Waals surface area contributed by atoms with Crippen molar-refractivity contribution in [2.24, 2.45) is 17.1 Å². The number of carbonyl (C=O) groups is 1. The molecule has 1 saturated carbocycles. The van der Waals surface area contributed by atoms with Gasteiger partial charge in [0.1, 0.15) is 0 Å². The van der Waals surface area contributed by atoms with Gasteiger partial charge in [-0.15, -0.1) is 0 Å². The Morgan fingerprint density at radius 1 is 1.16 bits per heavy atom. The lowest BCUT2D eigenvalue weighted by atomic mass is 9.85. The molecule has 3 atom stereocenters. The van der Waals surface area contributed by atoms with Crippen molar-refractivity contribution in [1.82, 2.24) is 10.6 Å². The highest BCUT2D eigenvalue weighted by Gasteiger charge is 2.61. The van der Waals surface area contributed by atoms with Crippen molar-refractivity contribution in [3.8, 4) is 0 Å². The molecule has 1 saturated heterocycles. The van der Waals surface area contributed by atoms with E-state index in [0.29, 0.717) is 17.0 Å². The van der Waals surface area contributed by atoms with E-state index in [1.807, 2.05) is 36.4 Å². The minimum Gasteiger partial charge on any atom is -0.372 e. The van der Waals surface area contributed by atoms with E-state index in [1.54, 1.807) is 24.3 Å². The number of hydrogen-bond acceptors (Lipinski definition) is 4. The molecule has 2 aliphatic rings. The first kappa shape index (κ1) is 16.3. The molecule has 0 radical (unpaired) electrons. The van der Waals surface area contributed by atoms with E-state index in [0.717, 1.165) is 19.5 Å². The van der Waals surface area contributed by atoms with Crippen LogP contribution in [0.3, 0.4) is 0 Å². The maximum Gasteiger partial charge on any atom is 0.262 e. The number of carbonyl (C=O) groups excluding carboxylic acids is 1. The van der Waals surface area contributed by atoms with Crippen LogP contribution in [0.2, 0.25) is 0 Å². The van der Waals surface area contributed by atoms with E-state index in [9.17, 15) is 9.90 Å². The van der Waals surface area contributed by atoms with Gasteiger partial charge >= 0.3 is 0 Å². The van der Waals surface area contributed by atoms with Crippen LogP contribution in [-0.4, -0.2) is 30.3 Å². The average Bonchev–Trinajstić information content (AvgIpc) is 3.23. The number of piperidine rings is 1. The largest absolute Gasteiger partial charge is 0.372 e. The fourth-order valence-corrected chi connectivity index (χ4v) is 4.04. The van der Waals surface area contributed by atoms with Crippen LogP contribution in [0.25, 0.3) is 0 Å². The van der Waals surface area contributed by atoms with Crippen molar-refractivity contribution in [3.63, 3.8) is 0 Å². The first-order valence-corrected chi connectivity index (χ1v) is 8.68. The third kappa shape index (κ3) is 2.56. The third-order valence-electron chi connectivity index (χ3n) is 5.74. The highest BCUT2D eigenvalue weighted by Crippen LogP contribution is 2.56. The van der Waals surface area contributed by atoms with E-state index in [4.69, 9.17) is 5.73 Å². The Labute approximate surface area is 147 Å². The normalized spacial score (nSPS) is 25.9. The topological polar surface area (TPSA) is 87.4 Å². The Morgan fingerprint density at radius 2 is 1.72 bits per heavy atom. The predicted molar refractivity (Wildman–Crippen MR) is 95.4 cm³/mol. The lowest BCUT2D eigenvalue weighted by Gasteiger charge is -2.31. The quantitative estimate of drug-likeness (QED) is 0.612. The Morgan fingerprint density at radius 3 is 2.16 bits per heavy atom. The fourth-order valence-electron chi connectivity index (χ4n) is 4.04. The van der Waals surface area contributed by atoms with Gasteiger partial charge in [0.25, 0.3) is 5.91 Å². The molecule has 3 unspecified atom stereocenters. The number of amides is 1. The average molecular weight is 337 g/mol. The summed E-state index contributed by atoms with van der Waals surface area (Å²) < 4.78 is 0. The van der Waals surface area contributed by atoms with Crippen LogP contribution in [0.15, 0.2) is 60.7 Å². The number of nitrogens with two attached hydrogens (primary N) is 1. The molecule has 5 heteroatoms. The van der Waals surface area contributed by atoms with Crippen molar-refractivity contribution >= 4 is 5.91 Å². The van der Waals surface area contributed by atoms with Gasteiger partial charge in [-0.05, 0) is 30.0 Å². The minimum absolute atomic E-state index is 0.0655. The maximum atomic E-state index is 13.1. The number of nitrogens with one attached hydrogen (secondary N) is 2. The molecule has 1 aliphatic heterocycles. The second-order valence-electron chi connectivity index (χ2n) is 7.16. The molecule has 0 aromatic heterocycles. The molecule has 5 N–H and O–H groups in total. The van der Waals surface area contributed by atoms with Gasteiger partial charge in [-0.25, -0.2) is 0 Å². The molecule has 4 rings (SSSR count). The monoisotopic (exact) mass is 337 g/mol. The van der Waals surface area contributed by atoms with Crippen LogP contribution >= 0.6 is 0 Å². The smallest absolute Gasteiger partial charge is 0.262 e. The van der Waals surface area contributed by atoms with Gasteiger partial charge in [0.2, 0.25) is 0 Å². The van der Waals surface area contributed by atoms with E-state index in [2.05, 4.69) is 10.6 Å². The lowest BCUT2D eigenvalue weighted by molar-refractivity contribution is -0.138. The Hall–Kier alpha value is -2.21. The molecule has 2 aromatic rings. The highest BCUT2D eigenvalue weighted by molar-refractivity contribution is 5.90. The molecule has 5 nitrogen and oxygen atoms in total. The highest BCUT2D eigenvalue weighted by atomic mass is 16.3. The number of fused-ring (bicyclic) bond motifs is 1. The molecule has 1 amide bonds. The first-order valence-electron chi connectivity index (χ1n) is 8.68. The maximum absolute atomic E-state index is 13.1. The summed E-state index contributed by atoms with van der Waals surface area (Å²) in [5.74, 6) is 0.0358. The van der Waals surface area contributed by atoms with Crippen LogP contribution in [0.4, 0.5) is 0 Å². The van der Waals surface area contributed by atoms with E-state index in [-0.39, 0.29) is 5.41 Å². The standard InChI is InChI=1S/C20H23N3O2/c21-17(19-11-16(19)12-22-13-19)23-18(24)20(25,14-7-3-1-4-8-14)15-9-5-2-6-10-15/h1-10,16-17,22,25H,11-13,21H2,(H,23,24). The second kappa shape index (κ2) is 5.95. The van der Waals surface area contributed by atoms with Crippen molar-refractivity contribution < 1.29 is 9.90 Å². The lowest BCUT2D eigenvalue weighted by Crippen LogP contribution is -2.56. The second-order valence-corrected chi connectivity index (χ2v) is 7.16. The molecule has 25 heavy (non-hydrogen) atoms. The zero-order chi connectivity index (χ0) is 17.5. The summed E-state index contributed by atoms with van der Waals surface area (Å²) in [4.78, 5) is 13.1. The molecule has 1 aliphatic carbocycles.